The summed E-state index contributed by atoms with van der Waals surface area (Å²) in [6.45, 7) is 0. The molecular formula is C29H28O6. The van der Waals surface area contributed by atoms with Crippen molar-refractivity contribution in [2.45, 2.75) is 25.7 Å². The molecule has 0 bridgehead atoms. The first kappa shape index (κ1) is 23.8. The minimum atomic E-state index is -0.166. The van der Waals surface area contributed by atoms with Crippen LogP contribution in [0.5, 0.6) is 40.2 Å². The van der Waals surface area contributed by atoms with Gasteiger partial charge in [-0.2, -0.15) is 0 Å². The van der Waals surface area contributed by atoms with Crippen molar-refractivity contribution in [3.8, 4) is 40.2 Å². The van der Waals surface area contributed by atoms with E-state index in [1.165, 1.54) is 11.6 Å². The van der Waals surface area contributed by atoms with E-state index in [2.05, 4.69) is 6.07 Å². The molecule has 4 N–H and O–H groups in total. The summed E-state index contributed by atoms with van der Waals surface area (Å²) in [6.07, 6.45) is 2.63. The zero-order chi connectivity index (χ0) is 24.8. The maximum absolute atomic E-state index is 10.5. The molecule has 0 radical (unpaired) electrons. The van der Waals surface area contributed by atoms with Crippen LogP contribution in [-0.4, -0.2) is 27.5 Å². The van der Waals surface area contributed by atoms with Crippen molar-refractivity contribution in [2.75, 3.05) is 7.11 Å². The minimum absolute atomic E-state index is 0.00584. The maximum Gasteiger partial charge on any atom is 0.210 e. The van der Waals surface area contributed by atoms with Gasteiger partial charge in [0.25, 0.3) is 0 Å². The Morgan fingerprint density at radius 2 is 1.03 bits per heavy atom. The fraction of sp³-hybridized carbons (Fsp3) is 0.172. The molecule has 6 heteroatoms. The Morgan fingerprint density at radius 3 is 1.60 bits per heavy atom. The van der Waals surface area contributed by atoms with Crippen LogP contribution in [0.3, 0.4) is 0 Å². The Bertz CT molecular complexity index is 1270. The molecule has 6 nitrogen and oxygen atoms in total. The van der Waals surface area contributed by atoms with Crippen molar-refractivity contribution in [3.05, 3.63) is 101 Å². The maximum atomic E-state index is 10.5. The van der Waals surface area contributed by atoms with Crippen molar-refractivity contribution in [3.63, 3.8) is 0 Å². The highest BCUT2D eigenvalue weighted by Gasteiger charge is 2.13. The number of rotatable bonds is 9. The summed E-state index contributed by atoms with van der Waals surface area (Å²) in [5, 5.41) is 40.3. The summed E-state index contributed by atoms with van der Waals surface area (Å²) in [5.74, 6) is 0.978. The van der Waals surface area contributed by atoms with E-state index in [1.807, 2.05) is 36.4 Å². The Morgan fingerprint density at radius 1 is 0.543 bits per heavy atom. The monoisotopic (exact) mass is 472 g/mol. The van der Waals surface area contributed by atoms with E-state index in [1.54, 1.807) is 37.4 Å². The first-order valence-electron chi connectivity index (χ1n) is 11.4. The largest absolute Gasteiger partial charge is 0.508 e. The summed E-state index contributed by atoms with van der Waals surface area (Å²) in [7, 11) is 1.65. The first-order chi connectivity index (χ1) is 16.9. The summed E-state index contributed by atoms with van der Waals surface area (Å²) in [6, 6.07) is 23.0. The van der Waals surface area contributed by atoms with Gasteiger partial charge in [0, 0.05) is 6.07 Å². The highest BCUT2D eigenvalue weighted by Crippen LogP contribution is 2.40. The molecule has 0 amide bonds. The third-order valence-corrected chi connectivity index (χ3v) is 5.73. The van der Waals surface area contributed by atoms with E-state index < -0.39 is 0 Å². The Hall–Kier alpha value is -4.32. The van der Waals surface area contributed by atoms with Gasteiger partial charge >= 0.3 is 0 Å². The Kier molecular flexibility index (Phi) is 7.31. The van der Waals surface area contributed by atoms with E-state index >= 15 is 0 Å². The predicted octanol–water partition coefficient (Wildman–Crippen LogP) is 5.88. The number of benzene rings is 4. The fourth-order valence-electron chi connectivity index (χ4n) is 3.99. The van der Waals surface area contributed by atoms with Crippen LogP contribution < -0.4 is 9.47 Å². The zero-order valence-corrected chi connectivity index (χ0v) is 19.4. The highest BCUT2D eigenvalue weighted by atomic mass is 16.5. The van der Waals surface area contributed by atoms with E-state index in [9.17, 15) is 20.4 Å². The molecule has 180 valence electrons. The first-order valence-corrected chi connectivity index (χ1v) is 11.4. The van der Waals surface area contributed by atoms with Crippen LogP contribution >= 0.6 is 0 Å². The lowest BCUT2D eigenvalue weighted by atomic mass is 10.0. The molecule has 0 heterocycles. The summed E-state index contributed by atoms with van der Waals surface area (Å²) >= 11 is 0. The van der Waals surface area contributed by atoms with Crippen molar-refractivity contribution in [1.29, 1.82) is 0 Å². The van der Waals surface area contributed by atoms with E-state index in [-0.39, 0.29) is 28.7 Å². The number of aromatic hydroxyl groups is 4. The van der Waals surface area contributed by atoms with Gasteiger partial charge in [-0.3, -0.25) is 0 Å². The second-order valence-corrected chi connectivity index (χ2v) is 8.42. The molecule has 4 rings (SSSR count). The van der Waals surface area contributed by atoms with Crippen LogP contribution in [0.1, 0.15) is 22.3 Å². The highest BCUT2D eigenvalue weighted by molar-refractivity contribution is 5.54. The second kappa shape index (κ2) is 10.7. The lowest BCUT2D eigenvalue weighted by Gasteiger charge is -2.13. The SMILES string of the molecule is COc1cccc(CCc2cccc(Oc3c(O)cc(CCc4cc(O)cc(O)c4)cc3O)c2)c1. The topological polar surface area (TPSA) is 99.4 Å². The normalized spacial score (nSPS) is 10.8. The average Bonchev–Trinajstić information content (AvgIpc) is 2.83. The molecule has 0 fully saturated rings. The molecule has 0 saturated carbocycles. The van der Waals surface area contributed by atoms with Gasteiger partial charge in [-0.05, 0) is 96.5 Å². The zero-order valence-electron chi connectivity index (χ0n) is 19.4. The predicted molar refractivity (Wildman–Crippen MR) is 134 cm³/mol. The van der Waals surface area contributed by atoms with Crippen molar-refractivity contribution in [2.24, 2.45) is 0 Å². The Labute approximate surface area is 204 Å². The number of hydrogen-bond acceptors (Lipinski definition) is 6. The molecule has 0 unspecified atom stereocenters. The van der Waals surface area contributed by atoms with Gasteiger partial charge in [0.05, 0.1) is 7.11 Å². The average molecular weight is 473 g/mol. The van der Waals surface area contributed by atoms with Gasteiger partial charge < -0.3 is 29.9 Å². The quantitative estimate of drug-likeness (QED) is 0.243. The standard InChI is InChI=1S/C29H28O6/c1-34-25-6-2-4-19(14-25)8-9-20-5-3-7-26(15-20)35-29-27(32)16-22(17-28(29)33)11-10-21-12-23(30)18-24(31)13-21/h2-7,12-18,30-33H,8-11H2,1H3. The fourth-order valence-corrected chi connectivity index (χ4v) is 3.99. The number of phenols is 4. The number of ether oxygens (including phenoxy) is 2. The van der Waals surface area contributed by atoms with Gasteiger partial charge in [-0.1, -0.05) is 24.3 Å². The van der Waals surface area contributed by atoms with Crippen molar-refractivity contribution < 1.29 is 29.9 Å². The van der Waals surface area contributed by atoms with Gasteiger partial charge in [0.1, 0.15) is 23.0 Å². The lowest BCUT2D eigenvalue weighted by molar-refractivity contribution is 0.375. The van der Waals surface area contributed by atoms with Gasteiger partial charge in [-0.15, -0.1) is 0 Å². The lowest BCUT2D eigenvalue weighted by Crippen LogP contribution is -1.95. The minimum Gasteiger partial charge on any atom is -0.508 e. The number of aryl methyl sites for hydroxylation is 4. The van der Waals surface area contributed by atoms with Gasteiger partial charge in [0.2, 0.25) is 5.75 Å². The van der Waals surface area contributed by atoms with Crippen molar-refractivity contribution in [1.82, 2.24) is 0 Å². The van der Waals surface area contributed by atoms with Gasteiger partial charge in [0.15, 0.2) is 11.5 Å². The molecule has 4 aromatic carbocycles. The second-order valence-electron chi connectivity index (χ2n) is 8.42. The third-order valence-electron chi connectivity index (χ3n) is 5.73. The van der Waals surface area contributed by atoms with E-state index in [0.29, 0.717) is 24.2 Å². The molecule has 35 heavy (non-hydrogen) atoms. The molecule has 0 saturated heterocycles. The third kappa shape index (κ3) is 6.38. The number of hydrogen-bond donors (Lipinski definition) is 4. The van der Waals surface area contributed by atoms with Crippen molar-refractivity contribution >= 4 is 0 Å². The summed E-state index contributed by atoms with van der Waals surface area (Å²) in [4.78, 5) is 0. The summed E-state index contributed by atoms with van der Waals surface area (Å²) < 4.78 is 11.1. The van der Waals surface area contributed by atoms with E-state index in [0.717, 1.165) is 29.7 Å². The molecule has 0 aliphatic rings. The van der Waals surface area contributed by atoms with E-state index in [4.69, 9.17) is 9.47 Å². The van der Waals surface area contributed by atoms with Crippen LogP contribution in [0.4, 0.5) is 0 Å². The molecule has 0 aliphatic carbocycles. The van der Waals surface area contributed by atoms with Gasteiger partial charge in [-0.25, -0.2) is 0 Å². The molecule has 4 aromatic rings. The van der Waals surface area contributed by atoms with Crippen LogP contribution in [-0.2, 0) is 25.7 Å². The van der Waals surface area contributed by atoms with Crippen LogP contribution in [0.25, 0.3) is 0 Å². The number of phenolic OH excluding ortho intramolecular Hbond substituents is 4. The van der Waals surface area contributed by atoms with Crippen LogP contribution in [0.15, 0.2) is 78.9 Å². The number of methoxy groups -OCH3 is 1. The molecule has 0 atom stereocenters. The molecule has 0 spiro atoms. The summed E-state index contributed by atoms with van der Waals surface area (Å²) in [5.41, 5.74) is 3.67. The molecular weight excluding hydrogens is 444 g/mol. The Balaban J connectivity index is 1.42. The smallest absolute Gasteiger partial charge is 0.210 e. The molecule has 0 aromatic heterocycles. The van der Waals surface area contributed by atoms with Crippen LogP contribution in [0, 0.1) is 0 Å². The molecule has 0 aliphatic heterocycles. The van der Waals surface area contributed by atoms with Crippen LogP contribution in [0.2, 0.25) is 0 Å².